The van der Waals surface area contributed by atoms with Crippen LogP contribution in [0.4, 0.5) is 0 Å². The molecule has 1 fully saturated rings. The van der Waals surface area contributed by atoms with Crippen LogP contribution in [0.15, 0.2) is 23.1 Å². The summed E-state index contributed by atoms with van der Waals surface area (Å²) in [4.78, 5) is 0.0773. The van der Waals surface area contributed by atoms with E-state index in [2.05, 4.69) is 0 Å². The number of hydrogen-bond donors (Lipinski definition) is 1. The van der Waals surface area contributed by atoms with E-state index < -0.39 is 15.6 Å². The summed E-state index contributed by atoms with van der Waals surface area (Å²) >= 11 is 5.90. The fraction of sp³-hybridized carbons (Fsp3) is 0.500. The second-order valence-corrected chi connectivity index (χ2v) is 7.58. The van der Waals surface area contributed by atoms with Crippen molar-refractivity contribution in [3.05, 3.63) is 28.8 Å². The lowest BCUT2D eigenvalue weighted by molar-refractivity contribution is -0.00802. The van der Waals surface area contributed by atoms with Crippen LogP contribution in [0.3, 0.4) is 0 Å². The lowest BCUT2D eigenvalue weighted by atomic mass is 9.90. The molecule has 0 bridgehead atoms. The Morgan fingerprint density at radius 2 is 2.05 bits per heavy atom. The van der Waals surface area contributed by atoms with Gasteiger partial charge in [-0.1, -0.05) is 18.5 Å². The average molecular weight is 329 g/mol. The maximum Gasteiger partial charge on any atom is 0.243 e. The third-order valence-corrected chi connectivity index (χ3v) is 6.22. The quantitative estimate of drug-likeness (QED) is 0.921. The van der Waals surface area contributed by atoms with Gasteiger partial charge in [0, 0.05) is 13.1 Å². The second-order valence-electron chi connectivity index (χ2n) is 5.24. The zero-order valence-corrected chi connectivity index (χ0v) is 13.3. The molecule has 0 unspecified atom stereocenters. The molecule has 0 atom stereocenters. The molecular formula is C14H17ClN2O3S. The highest BCUT2D eigenvalue weighted by Gasteiger charge is 2.35. The Bertz CT molecular complexity index is 674. The van der Waals surface area contributed by atoms with Crippen LogP contribution in [0.2, 0.25) is 5.02 Å². The van der Waals surface area contributed by atoms with Crippen LogP contribution < -0.4 is 0 Å². The predicted molar refractivity (Wildman–Crippen MR) is 79.4 cm³/mol. The van der Waals surface area contributed by atoms with E-state index in [9.17, 15) is 13.5 Å². The molecule has 1 saturated heterocycles. The Kier molecular flexibility index (Phi) is 4.59. The first-order valence-corrected chi connectivity index (χ1v) is 8.56. The van der Waals surface area contributed by atoms with Crippen LogP contribution in [0.25, 0.3) is 0 Å². The molecule has 114 valence electrons. The number of aliphatic hydroxyl groups is 1. The molecule has 1 aromatic carbocycles. The molecule has 0 aromatic heterocycles. The fourth-order valence-corrected chi connectivity index (χ4v) is 4.15. The zero-order chi connectivity index (χ0) is 15.7. The number of halogens is 1. The predicted octanol–water partition coefficient (Wildman–Crippen LogP) is 2.14. The summed E-state index contributed by atoms with van der Waals surface area (Å²) in [6.07, 6.45) is 1.46. The summed E-state index contributed by atoms with van der Waals surface area (Å²) in [5.74, 6) is 0. The van der Waals surface area contributed by atoms with Crippen LogP contribution in [-0.2, 0) is 10.0 Å². The van der Waals surface area contributed by atoms with Crippen molar-refractivity contribution in [3.8, 4) is 6.07 Å². The van der Waals surface area contributed by atoms with E-state index in [0.29, 0.717) is 19.3 Å². The van der Waals surface area contributed by atoms with Gasteiger partial charge in [-0.15, -0.1) is 0 Å². The summed E-state index contributed by atoms with van der Waals surface area (Å²) in [5, 5.41) is 19.1. The Morgan fingerprint density at radius 1 is 1.43 bits per heavy atom. The molecule has 2 rings (SSSR count). The van der Waals surface area contributed by atoms with Gasteiger partial charge in [-0.25, -0.2) is 8.42 Å². The van der Waals surface area contributed by atoms with Gasteiger partial charge >= 0.3 is 0 Å². The maximum absolute atomic E-state index is 12.5. The van der Waals surface area contributed by atoms with Gasteiger partial charge in [-0.2, -0.15) is 9.57 Å². The van der Waals surface area contributed by atoms with Crippen molar-refractivity contribution in [1.29, 1.82) is 5.26 Å². The smallest absolute Gasteiger partial charge is 0.243 e. The lowest BCUT2D eigenvalue weighted by Crippen LogP contribution is -2.46. The van der Waals surface area contributed by atoms with E-state index in [4.69, 9.17) is 16.9 Å². The number of piperidine rings is 1. The van der Waals surface area contributed by atoms with Gasteiger partial charge in [0.15, 0.2) is 0 Å². The largest absolute Gasteiger partial charge is 0.390 e. The van der Waals surface area contributed by atoms with E-state index in [1.165, 1.54) is 22.5 Å². The molecule has 0 aliphatic carbocycles. The molecule has 5 nitrogen and oxygen atoms in total. The summed E-state index contributed by atoms with van der Waals surface area (Å²) < 4.78 is 26.4. The topological polar surface area (TPSA) is 81.4 Å². The van der Waals surface area contributed by atoms with Crippen molar-refractivity contribution < 1.29 is 13.5 Å². The van der Waals surface area contributed by atoms with Gasteiger partial charge in [-0.05, 0) is 37.5 Å². The maximum atomic E-state index is 12.5. The van der Waals surface area contributed by atoms with Gasteiger partial charge in [0.1, 0.15) is 6.07 Å². The van der Waals surface area contributed by atoms with Crippen molar-refractivity contribution in [3.63, 3.8) is 0 Å². The van der Waals surface area contributed by atoms with Gasteiger partial charge in [-0.3, -0.25) is 0 Å². The number of rotatable bonds is 3. The third kappa shape index (κ3) is 3.22. The van der Waals surface area contributed by atoms with Crippen molar-refractivity contribution in [2.45, 2.75) is 36.7 Å². The first kappa shape index (κ1) is 16.2. The summed E-state index contributed by atoms with van der Waals surface area (Å²) in [6.45, 7) is 2.46. The monoisotopic (exact) mass is 328 g/mol. The minimum atomic E-state index is -3.64. The standard InChI is InChI=1S/C14H17ClN2O3S/c1-2-14(18)5-7-17(8-6-14)21(19,20)12-4-3-11(10-16)13(15)9-12/h3-4,9,18H,2,5-8H2,1H3. The minimum absolute atomic E-state index is 0.0773. The SMILES string of the molecule is CCC1(O)CCN(S(=O)(=O)c2ccc(C#N)c(Cl)c2)CC1. The molecule has 0 amide bonds. The molecule has 0 saturated carbocycles. The van der Waals surface area contributed by atoms with E-state index in [1.807, 2.05) is 13.0 Å². The second kappa shape index (κ2) is 5.93. The molecule has 21 heavy (non-hydrogen) atoms. The Balaban J connectivity index is 2.24. The molecular weight excluding hydrogens is 312 g/mol. The van der Waals surface area contributed by atoms with Crippen LogP contribution in [-0.4, -0.2) is 36.5 Å². The van der Waals surface area contributed by atoms with Gasteiger partial charge in [0.25, 0.3) is 0 Å². The van der Waals surface area contributed by atoms with Crippen molar-refractivity contribution >= 4 is 21.6 Å². The van der Waals surface area contributed by atoms with E-state index in [-0.39, 0.29) is 28.6 Å². The van der Waals surface area contributed by atoms with Gasteiger partial charge in [0.2, 0.25) is 10.0 Å². The Labute approximate surface area is 129 Å². The lowest BCUT2D eigenvalue weighted by Gasteiger charge is -2.36. The van der Waals surface area contributed by atoms with Crippen LogP contribution in [0.1, 0.15) is 31.7 Å². The number of nitrogens with zero attached hydrogens (tertiary/aromatic N) is 2. The molecule has 7 heteroatoms. The number of sulfonamides is 1. The Hall–Kier alpha value is -1.13. The molecule has 1 heterocycles. The summed E-state index contributed by atoms with van der Waals surface area (Å²) in [6, 6.07) is 5.99. The van der Waals surface area contributed by atoms with Gasteiger partial charge < -0.3 is 5.11 Å². The molecule has 1 N–H and O–H groups in total. The van der Waals surface area contributed by atoms with Crippen molar-refractivity contribution in [1.82, 2.24) is 4.31 Å². The van der Waals surface area contributed by atoms with Crippen molar-refractivity contribution in [2.75, 3.05) is 13.1 Å². The first-order chi connectivity index (χ1) is 9.82. The minimum Gasteiger partial charge on any atom is -0.390 e. The van der Waals surface area contributed by atoms with Crippen molar-refractivity contribution in [2.24, 2.45) is 0 Å². The summed E-state index contributed by atoms with van der Waals surface area (Å²) in [5.41, 5.74) is -0.524. The average Bonchev–Trinajstić information content (AvgIpc) is 2.47. The van der Waals surface area contributed by atoms with E-state index >= 15 is 0 Å². The highest BCUT2D eigenvalue weighted by atomic mass is 35.5. The zero-order valence-electron chi connectivity index (χ0n) is 11.7. The molecule has 1 aliphatic rings. The number of benzene rings is 1. The number of nitriles is 1. The van der Waals surface area contributed by atoms with Crippen LogP contribution in [0, 0.1) is 11.3 Å². The van der Waals surface area contributed by atoms with Crippen LogP contribution in [0.5, 0.6) is 0 Å². The highest BCUT2D eigenvalue weighted by Crippen LogP contribution is 2.30. The summed E-state index contributed by atoms with van der Waals surface area (Å²) in [7, 11) is -3.64. The molecule has 1 aromatic rings. The van der Waals surface area contributed by atoms with Gasteiger partial charge in [0.05, 0.1) is 21.1 Å². The first-order valence-electron chi connectivity index (χ1n) is 6.74. The van der Waals surface area contributed by atoms with Crippen LogP contribution >= 0.6 is 11.6 Å². The molecule has 0 spiro atoms. The normalized spacial score (nSPS) is 19.1. The van der Waals surface area contributed by atoms with E-state index in [1.54, 1.807) is 0 Å². The fourth-order valence-electron chi connectivity index (χ4n) is 2.39. The number of hydrogen-bond acceptors (Lipinski definition) is 4. The third-order valence-electron chi connectivity index (χ3n) is 4.01. The Morgan fingerprint density at radius 3 is 2.52 bits per heavy atom. The molecule has 0 radical (unpaired) electrons. The van der Waals surface area contributed by atoms with E-state index in [0.717, 1.165) is 0 Å². The molecule has 1 aliphatic heterocycles. The highest BCUT2D eigenvalue weighted by molar-refractivity contribution is 7.89.